The monoisotopic (exact) mass is 364 g/mol. The molecule has 1 aromatic rings. The van der Waals surface area contributed by atoms with Crippen molar-refractivity contribution in [3.8, 4) is 11.5 Å². The molecule has 0 saturated carbocycles. The van der Waals surface area contributed by atoms with E-state index in [2.05, 4.69) is 5.32 Å². The van der Waals surface area contributed by atoms with Crippen LogP contribution in [0.5, 0.6) is 11.5 Å². The van der Waals surface area contributed by atoms with Gasteiger partial charge < -0.3 is 24.8 Å². The molecule has 7 heteroatoms. The molecule has 26 heavy (non-hydrogen) atoms. The van der Waals surface area contributed by atoms with Gasteiger partial charge >= 0.3 is 6.09 Å². The van der Waals surface area contributed by atoms with E-state index in [9.17, 15) is 14.7 Å². The molecule has 7 nitrogen and oxygen atoms in total. The molecule has 0 spiro atoms. The van der Waals surface area contributed by atoms with Crippen LogP contribution in [0, 0.1) is 0 Å². The summed E-state index contributed by atoms with van der Waals surface area (Å²) in [5.41, 5.74) is -0.511. The van der Waals surface area contributed by atoms with Gasteiger partial charge in [-0.2, -0.15) is 0 Å². The Kier molecular flexibility index (Phi) is 6.34. The molecule has 1 fully saturated rings. The largest absolute Gasteiger partial charge is 0.508 e. The van der Waals surface area contributed by atoms with E-state index >= 15 is 0 Å². The molecule has 1 saturated heterocycles. The van der Waals surface area contributed by atoms with E-state index in [1.54, 1.807) is 24.0 Å². The minimum Gasteiger partial charge on any atom is -0.508 e. The minimum atomic E-state index is -0.650. The van der Waals surface area contributed by atoms with Crippen LogP contribution in [-0.4, -0.2) is 52.8 Å². The van der Waals surface area contributed by atoms with Crippen LogP contribution in [0.1, 0.15) is 40.5 Å². The Bertz CT molecular complexity index is 616. The number of aromatic hydroxyl groups is 1. The first kappa shape index (κ1) is 19.9. The quantitative estimate of drug-likeness (QED) is 0.858. The highest BCUT2D eigenvalue weighted by Crippen LogP contribution is 2.18. The lowest BCUT2D eigenvalue weighted by Crippen LogP contribution is -2.50. The zero-order chi connectivity index (χ0) is 19.3. The van der Waals surface area contributed by atoms with Crippen molar-refractivity contribution in [3.05, 3.63) is 24.3 Å². The number of benzene rings is 1. The van der Waals surface area contributed by atoms with Crippen molar-refractivity contribution in [2.24, 2.45) is 0 Å². The number of phenolic OH excluding ortho intramolecular Hbond substituents is 1. The summed E-state index contributed by atoms with van der Waals surface area (Å²) in [5.74, 6) is 0.463. The lowest BCUT2D eigenvalue weighted by atomic mass is 10.1. The summed E-state index contributed by atoms with van der Waals surface area (Å²) in [5, 5.41) is 12.2. The van der Waals surface area contributed by atoms with E-state index in [0.717, 1.165) is 0 Å². The van der Waals surface area contributed by atoms with Crippen LogP contribution in [0.15, 0.2) is 24.3 Å². The van der Waals surface area contributed by atoms with Crippen LogP contribution < -0.4 is 10.1 Å². The second-order valence-corrected chi connectivity index (χ2v) is 7.50. The number of piperidine rings is 1. The molecule has 2 N–H and O–H groups in total. The molecule has 1 unspecified atom stereocenters. The van der Waals surface area contributed by atoms with Gasteiger partial charge in [0, 0.05) is 19.1 Å². The highest BCUT2D eigenvalue weighted by atomic mass is 16.6. The smallest absolute Gasteiger partial charge is 0.410 e. The predicted octanol–water partition coefficient (Wildman–Crippen LogP) is 2.68. The Balaban J connectivity index is 1.76. The summed E-state index contributed by atoms with van der Waals surface area (Å²) in [6.45, 7) is 8.30. The van der Waals surface area contributed by atoms with Crippen molar-refractivity contribution in [3.63, 3.8) is 0 Å². The summed E-state index contributed by atoms with van der Waals surface area (Å²) < 4.78 is 10.9. The first-order chi connectivity index (χ1) is 12.1. The molecule has 0 aromatic heterocycles. The Labute approximate surface area is 154 Å². The average Bonchev–Trinajstić information content (AvgIpc) is 2.56. The number of carbonyl (C=O) groups is 2. The molecule has 1 atom stereocenters. The summed E-state index contributed by atoms with van der Waals surface area (Å²) in [6, 6.07) is 6.24. The fourth-order valence-electron chi connectivity index (χ4n) is 2.63. The average molecular weight is 364 g/mol. The van der Waals surface area contributed by atoms with Crippen molar-refractivity contribution in [2.45, 2.75) is 58.3 Å². The fraction of sp³-hybridized carbons (Fsp3) is 0.579. The second-order valence-electron chi connectivity index (χ2n) is 7.50. The number of likely N-dealkylation sites (tertiary alicyclic amines) is 1. The molecule has 2 rings (SSSR count). The van der Waals surface area contributed by atoms with Gasteiger partial charge in [-0.05, 0) is 64.8 Å². The van der Waals surface area contributed by atoms with Gasteiger partial charge in [0.25, 0.3) is 5.91 Å². The van der Waals surface area contributed by atoms with Gasteiger partial charge in [-0.3, -0.25) is 4.79 Å². The van der Waals surface area contributed by atoms with Gasteiger partial charge in [-0.1, -0.05) is 0 Å². The number of hydrogen-bond donors (Lipinski definition) is 2. The van der Waals surface area contributed by atoms with Crippen molar-refractivity contribution in [1.82, 2.24) is 10.2 Å². The second kappa shape index (κ2) is 8.29. The Hall–Kier alpha value is -2.44. The zero-order valence-electron chi connectivity index (χ0n) is 15.8. The normalized spacial score (nSPS) is 16.7. The molecule has 0 radical (unpaired) electrons. The number of ether oxygens (including phenoxy) is 2. The number of nitrogens with one attached hydrogen (secondary N) is 1. The lowest BCUT2D eigenvalue weighted by molar-refractivity contribution is -0.128. The maximum atomic E-state index is 12.3. The molecule has 0 bridgehead atoms. The Morgan fingerprint density at radius 1 is 1.19 bits per heavy atom. The van der Waals surface area contributed by atoms with E-state index in [0.29, 0.717) is 31.7 Å². The van der Waals surface area contributed by atoms with Crippen LogP contribution in [-0.2, 0) is 9.53 Å². The van der Waals surface area contributed by atoms with Gasteiger partial charge in [0.1, 0.15) is 17.1 Å². The van der Waals surface area contributed by atoms with Crippen molar-refractivity contribution >= 4 is 12.0 Å². The zero-order valence-corrected chi connectivity index (χ0v) is 15.8. The van der Waals surface area contributed by atoms with Crippen LogP contribution in [0.2, 0.25) is 0 Å². The number of rotatable bonds is 4. The van der Waals surface area contributed by atoms with Gasteiger partial charge in [0.05, 0.1) is 0 Å². The summed E-state index contributed by atoms with van der Waals surface area (Å²) in [6.07, 6.45) is 0.392. The fourth-order valence-corrected chi connectivity index (χ4v) is 2.63. The van der Waals surface area contributed by atoms with Crippen LogP contribution in [0.4, 0.5) is 4.79 Å². The molecular formula is C19H28N2O5. The van der Waals surface area contributed by atoms with Crippen LogP contribution >= 0.6 is 0 Å². The Morgan fingerprint density at radius 3 is 2.31 bits per heavy atom. The highest BCUT2D eigenvalue weighted by molar-refractivity contribution is 5.81. The third-order valence-electron chi connectivity index (χ3n) is 4.01. The first-order valence-corrected chi connectivity index (χ1v) is 8.88. The van der Waals surface area contributed by atoms with Gasteiger partial charge in [-0.15, -0.1) is 0 Å². The molecule has 2 amide bonds. The van der Waals surface area contributed by atoms with E-state index in [4.69, 9.17) is 9.47 Å². The standard InChI is InChI=1S/C19H28N2O5/c1-13(25-16-7-5-15(22)6-8-16)17(23)20-14-9-11-21(12-10-14)18(24)26-19(2,3)4/h5-8,13-14,22H,9-12H2,1-4H3,(H,20,23). The third-order valence-corrected chi connectivity index (χ3v) is 4.01. The lowest BCUT2D eigenvalue weighted by Gasteiger charge is -2.34. The van der Waals surface area contributed by atoms with Crippen LogP contribution in [0.25, 0.3) is 0 Å². The third kappa shape index (κ3) is 6.13. The highest BCUT2D eigenvalue weighted by Gasteiger charge is 2.28. The van der Waals surface area contributed by atoms with Gasteiger partial charge in [-0.25, -0.2) is 4.79 Å². The minimum absolute atomic E-state index is 0.00653. The van der Waals surface area contributed by atoms with Gasteiger partial charge in [0.2, 0.25) is 0 Å². The maximum absolute atomic E-state index is 12.3. The number of phenols is 1. The van der Waals surface area contributed by atoms with Gasteiger partial charge in [0.15, 0.2) is 6.10 Å². The van der Waals surface area contributed by atoms with Crippen molar-refractivity contribution < 1.29 is 24.2 Å². The summed E-state index contributed by atoms with van der Waals surface area (Å²) in [4.78, 5) is 26.0. The van der Waals surface area contributed by atoms with Crippen molar-refractivity contribution in [2.75, 3.05) is 13.1 Å². The molecule has 1 heterocycles. The molecule has 1 aliphatic rings. The van der Waals surface area contributed by atoms with Crippen LogP contribution in [0.3, 0.4) is 0 Å². The predicted molar refractivity (Wildman–Crippen MR) is 97.2 cm³/mol. The molecular weight excluding hydrogens is 336 g/mol. The first-order valence-electron chi connectivity index (χ1n) is 8.88. The van der Waals surface area contributed by atoms with E-state index < -0.39 is 11.7 Å². The molecule has 1 aromatic carbocycles. The van der Waals surface area contributed by atoms with E-state index in [1.165, 1.54) is 12.1 Å². The van der Waals surface area contributed by atoms with E-state index in [-0.39, 0.29) is 23.8 Å². The van der Waals surface area contributed by atoms with Crippen molar-refractivity contribution in [1.29, 1.82) is 0 Å². The Morgan fingerprint density at radius 2 is 1.77 bits per heavy atom. The van der Waals surface area contributed by atoms with E-state index in [1.807, 2.05) is 20.8 Å². The number of amides is 2. The topological polar surface area (TPSA) is 88.1 Å². The molecule has 0 aliphatic carbocycles. The number of carbonyl (C=O) groups excluding carboxylic acids is 2. The summed E-state index contributed by atoms with van der Waals surface area (Å²) >= 11 is 0. The molecule has 144 valence electrons. The SMILES string of the molecule is CC(Oc1ccc(O)cc1)C(=O)NC1CCN(C(=O)OC(C)(C)C)CC1. The maximum Gasteiger partial charge on any atom is 0.410 e. The number of hydrogen-bond acceptors (Lipinski definition) is 5. The molecule has 1 aliphatic heterocycles. The number of nitrogens with zero attached hydrogens (tertiary/aromatic N) is 1. The summed E-state index contributed by atoms with van der Waals surface area (Å²) in [7, 11) is 0.